The van der Waals surface area contributed by atoms with Gasteiger partial charge in [0, 0.05) is 10.7 Å². The van der Waals surface area contributed by atoms with Gasteiger partial charge in [0.25, 0.3) is 0 Å². The monoisotopic (exact) mass is 222 g/mol. The molecule has 0 amide bonds. The molecule has 13 heavy (non-hydrogen) atoms. The summed E-state index contributed by atoms with van der Waals surface area (Å²) >= 11 is 0. The van der Waals surface area contributed by atoms with Gasteiger partial charge in [0.1, 0.15) is 5.82 Å². The van der Waals surface area contributed by atoms with Gasteiger partial charge >= 0.3 is 0 Å². The van der Waals surface area contributed by atoms with Gasteiger partial charge in [0.2, 0.25) is 9.05 Å². The third-order valence-electron chi connectivity index (χ3n) is 1.63. The summed E-state index contributed by atoms with van der Waals surface area (Å²) < 4.78 is 34.0. The molecule has 0 N–H and O–H groups in total. The van der Waals surface area contributed by atoms with Crippen LogP contribution in [0.3, 0.4) is 0 Å². The van der Waals surface area contributed by atoms with Gasteiger partial charge in [-0.3, -0.25) is 0 Å². The minimum absolute atomic E-state index is 0.263. The molecule has 0 aromatic heterocycles. The average molecular weight is 223 g/mol. The smallest absolute Gasteiger partial charge is 0.212 e. The van der Waals surface area contributed by atoms with Crippen LogP contribution in [0.25, 0.3) is 0 Å². The second kappa shape index (κ2) is 3.64. The van der Waals surface area contributed by atoms with Gasteiger partial charge in [-0.15, -0.1) is 0 Å². The van der Waals surface area contributed by atoms with Crippen molar-refractivity contribution in [3.8, 4) is 0 Å². The molecule has 1 rings (SSSR count). The summed E-state index contributed by atoms with van der Waals surface area (Å²) in [6, 6.07) is 3.91. The van der Waals surface area contributed by atoms with E-state index in [1.165, 1.54) is 18.2 Å². The van der Waals surface area contributed by atoms with Crippen LogP contribution >= 0.6 is 10.7 Å². The average Bonchev–Trinajstić information content (AvgIpc) is 1.93. The zero-order valence-corrected chi connectivity index (χ0v) is 8.49. The van der Waals surface area contributed by atoms with Crippen molar-refractivity contribution in [2.45, 2.75) is 12.7 Å². The first-order chi connectivity index (χ1) is 5.88. The number of hydrogen-bond acceptors (Lipinski definition) is 2. The molecule has 0 aliphatic carbocycles. The molecule has 0 fully saturated rings. The van der Waals surface area contributed by atoms with Crippen LogP contribution in [0.4, 0.5) is 4.39 Å². The molecule has 1 aromatic rings. The standard InChI is InChI=1S/C8H8ClFO2S/c1-6-4-8(10)3-2-7(6)5-13(9,11)12/h2-4H,5H2,1H3. The van der Waals surface area contributed by atoms with Crippen molar-refractivity contribution >= 4 is 19.7 Å². The third-order valence-corrected chi connectivity index (χ3v) is 2.62. The lowest BCUT2D eigenvalue weighted by Gasteiger charge is -2.02. The van der Waals surface area contributed by atoms with Crippen LogP contribution in [-0.4, -0.2) is 8.42 Å². The lowest BCUT2D eigenvalue weighted by molar-refractivity contribution is 0.607. The topological polar surface area (TPSA) is 34.1 Å². The largest absolute Gasteiger partial charge is 0.236 e. The predicted octanol–water partition coefficient (Wildman–Crippen LogP) is 2.20. The molecular weight excluding hydrogens is 215 g/mol. The van der Waals surface area contributed by atoms with Gasteiger partial charge in [0.15, 0.2) is 0 Å². The van der Waals surface area contributed by atoms with E-state index in [4.69, 9.17) is 10.7 Å². The Morgan fingerprint density at radius 3 is 2.54 bits per heavy atom. The molecule has 0 heterocycles. The Morgan fingerprint density at radius 1 is 1.46 bits per heavy atom. The minimum Gasteiger partial charge on any atom is -0.212 e. The molecular formula is C8H8ClFO2S. The minimum atomic E-state index is -3.56. The lowest BCUT2D eigenvalue weighted by atomic mass is 10.1. The SMILES string of the molecule is Cc1cc(F)ccc1CS(=O)(=O)Cl. The zero-order valence-electron chi connectivity index (χ0n) is 6.92. The summed E-state index contributed by atoms with van der Waals surface area (Å²) in [5, 5.41) is 0. The van der Waals surface area contributed by atoms with E-state index in [2.05, 4.69) is 0 Å². The van der Waals surface area contributed by atoms with Gasteiger partial charge in [-0.25, -0.2) is 12.8 Å². The highest BCUT2D eigenvalue weighted by atomic mass is 35.7. The maximum Gasteiger partial charge on any atom is 0.236 e. The first kappa shape index (κ1) is 10.5. The van der Waals surface area contributed by atoms with Crippen LogP contribution in [0.5, 0.6) is 0 Å². The highest BCUT2D eigenvalue weighted by Gasteiger charge is 2.09. The Labute approximate surface area is 80.8 Å². The molecule has 2 nitrogen and oxygen atoms in total. The second-order valence-corrected chi connectivity index (χ2v) is 5.53. The van der Waals surface area contributed by atoms with Crippen LogP contribution in [0.2, 0.25) is 0 Å². The van der Waals surface area contributed by atoms with Gasteiger partial charge < -0.3 is 0 Å². The van der Waals surface area contributed by atoms with Gasteiger partial charge in [-0.05, 0) is 30.2 Å². The molecule has 1 aromatic carbocycles. The number of halogens is 2. The molecule has 0 aliphatic rings. The molecule has 0 spiro atoms. The third kappa shape index (κ3) is 3.32. The van der Waals surface area contributed by atoms with Crippen molar-refractivity contribution in [3.05, 3.63) is 35.1 Å². The Balaban J connectivity index is 3.04. The van der Waals surface area contributed by atoms with Crippen LogP contribution in [0, 0.1) is 12.7 Å². The predicted molar refractivity (Wildman–Crippen MR) is 49.6 cm³/mol. The molecule has 0 saturated heterocycles. The molecule has 0 unspecified atom stereocenters. The second-order valence-electron chi connectivity index (χ2n) is 2.75. The number of hydrogen-bond donors (Lipinski definition) is 0. The van der Waals surface area contributed by atoms with Crippen molar-refractivity contribution in [1.82, 2.24) is 0 Å². The highest BCUT2D eigenvalue weighted by Crippen LogP contribution is 2.15. The molecule has 5 heteroatoms. The van der Waals surface area contributed by atoms with Crippen molar-refractivity contribution in [1.29, 1.82) is 0 Å². The molecule has 0 saturated carbocycles. The Morgan fingerprint density at radius 2 is 2.08 bits per heavy atom. The van der Waals surface area contributed by atoms with E-state index in [0.717, 1.165) is 0 Å². The number of aryl methyl sites for hydroxylation is 1. The summed E-state index contributed by atoms with van der Waals surface area (Å²) in [7, 11) is 1.50. The van der Waals surface area contributed by atoms with E-state index in [-0.39, 0.29) is 11.6 Å². The van der Waals surface area contributed by atoms with Gasteiger partial charge in [0.05, 0.1) is 5.75 Å². The van der Waals surface area contributed by atoms with E-state index < -0.39 is 9.05 Å². The van der Waals surface area contributed by atoms with E-state index in [1.807, 2.05) is 0 Å². The van der Waals surface area contributed by atoms with Crippen LogP contribution in [-0.2, 0) is 14.8 Å². The maximum atomic E-state index is 12.6. The Kier molecular flexibility index (Phi) is 2.93. The molecule has 0 atom stereocenters. The van der Waals surface area contributed by atoms with E-state index in [0.29, 0.717) is 11.1 Å². The normalized spacial score (nSPS) is 11.6. The zero-order chi connectivity index (χ0) is 10.1. The molecule has 72 valence electrons. The quantitative estimate of drug-likeness (QED) is 0.719. The fourth-order valence-electron chi connectivity index (χ4n) is 1.01. The lowest BCUT2D eigenvalue weighted by Crippen LogP contribution is -1.97. The number of rotatable bonds is 2. The summed E-state index contributed by atoms with van der Waals surface area (Å²) in [5.74, 6) is -0.645. The van der Waals surface area contributed by atoms with Crippen LogP contribution in [0.1, 0.15) is 11.1 Å². The van der Waals surface area contributed by atoms with E-state index in [9.17, 15) is 12.8 Å². The molecule has 0 bridgehead atoms. The summed E-state index contributed by atoms with van der Waals surface area (Å²) in [4.78, 5) is 0. The van der Waals surface area contributed by atoms with Crippen molar-refractivity contribution in [2.75, 3.05) is 0 Å². The van der Waals surface area contributed by atoms with E-state index in [1.54, 1.807) is 6.92 Å². The van der Waals surface area contributed by atoms with Crippen molar-refractivity contribution in [3.63, 3.8) is 0 Å². The fraction of sp³-hybridized carbons (Fsp3) is 0.250. The Hall–Kier alpha value is -0.610. The number of benzene rings is 1. The first-order valence-corrected chi connectivity index (χ1v) is 6.04. The van der Waals surface area contributed by atoms with Crippen LogP contribution in [0.15, 0.2) is 18.2 Å². The first-order valence-electron chi connectivity index (χ1n) is 3.56. The summed E-state index contributed by atoms with van der Waals surface area (Å²) in [6.45, 7) is 1.64. The highest BCUT2D eigenvalue weighted by molar-refractivity contribution is 8.13. The van der Waals surface area contributed by atoms with Crippen LogP contribution < -0.4 is 0 Å². The van der Waals surface area contributed by atoms with Gasteiger partial charge in [-0.1, -0.05) is 6.07 Å². The van der Waals surface area contributed by atoms with Crippen molar-refractivity contribution < 1.29 is 12.8 Å². The fourth-order valence-corrected chi connectivity index (χ4v) is 2.06. The summed E-state index contributed by atoms with van der Waals surface area (Å²) in [5.41, 5.74) is 1.11. The van der Waals surface area contributed by atoms with Crippen molar-refractivity contribution in [2.24, 2.45) is 0 Å². The molecule has 0 radical (unpaired) electrons. The van der Waals surface area contributed by atoms with E-state index >= 15 is 0 Å². The summed E-state index contributed by atoms with van der Waals surface area (Å²) in [6.07, 6.45) is 0. The molecule has 0 aliphatic heterocycles. The maximum absolute atomic E-state index is 12.6. The Bertz CT molecular complexity index is 414. The van der Waals surface area contributed by atoms with Gasteiger partial charge in [-0.2, -0.15) is 0 Å².